The minimum absolute atomic E-state index is 0. The van der Waals surface area contributed by atoms with E-state index < -0.39 is 0 Å². The average Bonchev–Trinajstić information content (AvgIpc) is 3.22. The number of hydrogen-bond donors (Lipinski definition) is 2. The Labute approximate surface area is 186 Å². The van der Waals surface area contributed by atoms with Crippen LogP contribution in [0, 0.1) is 0 Å². The molecule has 0 aliphatic carbocycles. The Balaban J connectivity index is 0.00000300. The Morgan fingerprint density at radius 1 is 1.14 bits per heavy atom. The molecule has 0 spiro atoms. The van der Waals surface area contributed by atoms with E-state index in [1.165, 1.54) is 0 Å². The summed E-state index contributed by atoms with van der Waals surface area (Å²) in [5.41, 5.74) is 1.47. The number of ether oxygens (including phenoxy) is 2. The SMILES string of the molecule is CN=C(NCCc1noc(-c2ccccn2)n1)Nc1ccc(OC)c(OC)c1.I. The minimum atomic E-state index is 0. The van der Waals surface area contributed by atoms with Crippen LogP contribution in [-0.2, 0) is 6.42 Å². The molecule has 0 radical (unpaired) electrons. The van der Waals surface area contributed by atoms with Crippen LogP contribution < -0.4 is 20.1 Å². The molecule has 0 amide bonds. The van der Waals surface area contributed by atoms with Crippen LogP contribution in [0.2, 0.25) is 0 Å². The second kappa shape index (κ2) is 11.2. The molecule has 3 rings (SSSR count). The van der Waals surface area contributed by atoms with Crippen molar-refractivity contribution in [1.82, 2.24) is 20.4 Å². The van der Waals surface area contributed by atoms with Gasteiger partial charge in [-0.1, -0.05) is 11.2 Å². The maximum absolute atomic E-state index is 5.31. The van der Waals surface area contributed by atoms with Gasteiger partial charge in [-0.2, -0.15) is 4.98 Å². The van der Waals surface area contributed by atoms with E-state index >= 15 is 0 Å². The van der Waals surface area contributed by atoms with Crippen molar-refractivity contribution in [3.05, 3.63) is 48.4 Å². The number of nitrogens with zero attached hydrogens (tertiary/aromatic N) is 4. The number of benzene rings is 1. The van der Waals surface area contributed by atoms with Gasteiger partial charge >= 0.3 is 0 Å². The van der Waals surface area contributed by atoms with Crippen molar-refractivity contribution in [2.24, 2.45) is 4.99 Å². The van der Waals surface area contributed by atoms with Crippen molar-refractivity contribution in [1.29, 1.82) is 0 Å². The van der Waals surface area contributed by atoms with Crippen molar-refractivity contribution >= 4 is 35.6 Å². The van der Waals surface area contributed by atoms with Crippen molar-refractivity contribution in [3.63, 3.8) is 0 Å². The van der Waals surface area contributed by atoms with Crippen molar-refractivity contribution in [3.8, 4) is 23.1 Å². The molecule has 0 saturated carbocycles. The van der Waals surface area contributed by atoms with E-state index in [4.69, 9.17) is 14.0 Å². The van der Waals surface area contributed by atoms with Gasteiger partial charge in [0.1, 0.15) is 5.69 Å². The fourth-order valence-electron chi connectivity index (χ4n) is 2.47. The van der Waals surface area contributed by atoms with Crippen LogP contribution >= 0.6 is 24.0 Å². The zero-order valence-electron chi connectivity index (χ0n) is 16.4. The first-order valence-corrected chi connectivity index (χ1v) is 8.67. The van der Waals surface area contributed by atoms with Crippen LogP contribution in [0.25, 0.3) is 11.6 Å². The molecular weight excluding hydrogens is 487 g/mol. The summed E-state index contributed by atoms with van der Waals surface area (Å²) in [6, 6.07) is 11.1. The number of anilines is 1. The third-order valence-electron chi connectivity index (χ3n) is 3.86. The monoisotopic (exact) mass is 510 g/mol. The summed E-state index contributed by atoms with van der Waals surface area (Å²) >= 11 is 0. The Hall–Kier alpha value is -2.89. The second-order valence-electron chi connectivity index (χ2n) is 5.67. The lowest BCUT2D eigenvalue weighted by molar-refractivity contribution is 0.355. The molecule has 29 heavy (non-hydrogen) atoms. The molecule has 0 unspecified atom stereocenters. The summed E-state index contributed by atoms with van der Waals surface area (Å²) in [7, 11) is 4.89. The van der Waals surface area contributed by atoms with Crippen LogP contribution in [0.1, 0.15) is 5.82 Å². The summed E-state index contributed by atoms with van der Waals surface area (Å²) < 4.78 is 15.8. The zero-order valence-corrected chi connectivity index (χ0v) is 18.7. The van der Waals surface area contributed by atoms with Crippen LogP contribution in [0.15, 0.2) is 52.1 Å². The Morgan fingerprint density at radius 3 is 2.66 bits per heavy atom. The maximum Gasteiger partial charge on any atom is 0.276 e. The maximum atomic E-state index is 5.31. The number of rotatable bonds is 7. The molecule has 2 heterocycles. The normalized spacial score (nSPS) is 10.8. The Kier molecular flexibility index (Phi) is 8.65. The summed E-state index contributed by atoms with van der Waals surface area (Å²) in [4.78, 5) is 12.8. The molecule has 0 aliphatic rings. The fraction of sp³-hybridized carbons (Fsp3) is 0.263. The van der Waals surface area contributed by atoms with Gasteiger partial charge in [-0.15, -0.1) is 24.0 Å². The van der Waals surface area contributed by atoms with E-state index in [2.05, 4.69) is 30.8 Å². The number of hydrogen-bond acceptors (Lipinski definition) is 7. The molecule has 0 saturated heterocycles. The number of pyridine rings is 1. The number of aliphatic imine (C=N–C) groups is 1. The average molecular weight is 510 g/mol. The lowest BCUT2D eigenvalue weighted by atomic mass is 10.2. The Morgan fingerprint density at radius 2 is 1.97 bits per heavy atom. The number of aromatic nitrogens is 3. The Bertz CT molecular complexity index is 933. The van der Waals surface area contributed by atoms with Crippen molar-refractivity contribution in [2.75, 3.05) is 33.1 Å². The second-order valence-corrected chi connectivity index (χ2v) is 5.67. The molecule has 2 aromatic heterocycles. The highest BCUT2D eigenvalue weighted by Gasteiger charge is 2.10. The lowest BCUT2D eigenvalue weighted by Gasteiger charge is -2.13. The predicted octanol–water partition coefficient (Wildman–Crippen LogP) is 3.00. The van der Waals surface area contributed by atoms with Crippen LogP contribution in [0.4, 0.5) is 5.69 Å². The molecule has 10 heteroatoms. The third-order valence-corrected chi connectivity index (χ3v) is 3.86. The first-order chi connectivity index (χ1) is 13.7. The van der Waals surface area contributed by atoms with Gasteiger partial charge in [0, 0.05) is 38.0 Å². The highest BCUT2D eigenvalue weighted by Crippen LogP contribution is 2.29. The van der Waals surface area contributed by atoms with Crippen molar-refractivity contribution in [2.45, 2.75) is 6.42 Å². The van der Waals surface area contributed by atoms with Crippen LogP contribution in [0.3, 0.4) is 0 Å². The molecule has 0 aliphatic heterocycles. The standard InChI is InChI=1S/C19H22N6O3.HI/c1-20-19(23-13-7-8-15(26-2)16(12-13)27-3)22-11-9-17-24-18(28-25-17)14-6-4-5-10-21-14;/h4-8,10,12H,9,11H2,1-3H3,(H2,20,22,23);1H. The van der Waals surface area contributed by atoms with E-state index in [0.29, 0.717) is 47.8 Å². The molecule has 3 aromatic rings. The van der Waals surface area contributed by atoms with E-state index in [1.807, 2.05) is 36.4 Å². The molecule has 0 fully saturated rings. The summed E-state index contributed by atoms with van der Waals surface area (Å²) in [6.07, 6.45) is 2.26. The molecule has 1 aromatic carbocycles. The first-order valence-electron chi connectivity index (χ1n) is 8.67. The van der Waals surface area contributed by atoms with E-state index in [-0.39, 0.29) is 24.0 Å². The van der Waals surface area contributed by atoms with Gasteiger partial charge in [0.15, 0.2) is 23.3 Å². The van der Waals surface area contributed by atoms with Crippen LogP contribution in [-0.4, -0.2) is 48.9 Å². The van der Waals surface area contributed by atoms with Gasteiger partial charge in [0.25, 0.3) is 5.89 Å². The van der Waals surface area contributed by atoms with Gasteiger partial charge in [-0.05, 0) is 24.3 Å². The minimum Gasteiger partial charge on any atom is -0.493 e. The molecule has 154 valence electrons. The summed E-state index contributed by atoms with van der Waals surface area (Å²) in [5, 5.41) is 10.4. The van der Waals surface area contributed by atoms with E-state index in [1.54, 1.807) is 27.5 Å². The van der Waals surface area contributed by atoms with Gasteiger partial charge in [0.2, 0.25) is 0 Å². The number of guanidine groups is 1. The van der Waals surface area contributed by atoms with Crippen LogP contribution in [0.5, 0.6) is 11.5 Å². The van der Waals surface area contributed by atoms with E-state index in [0.717, 1.165) is 5.69 Å². The van der Waals surface area contributed by atoms with Gasteiger partial charge < -0.3 is 24.6 Å². The largest absolute Gasteiger partial charge is 0.493 e. The van der Waals surface area contributed by atoms with Gasteiger partial charge in [-0.25, -0.2) is 0 Å². The zero-order chi connectivity index (χ0) is 19.8. The van der Waals surface area contributed by atoms with Gasteiger partial charge in [0.05, 0.1) is 14.2 Å². The number of methoxy groups -OCH3 is 2. The number of nitrogens with one attached hydrogen (secondary N) is 2. The van der Waals surface area contributed by atoms with Crippen molar-refractivity contribution < 1.29 is 14.0 Å². The quantitative estimate of drug-likeness (QED) is 0.284. The predicted molar refractivity (Wildman–Crippen MR) is 121 cm³/mol. The lowest BCUT2D eigenvalue weighted by Crippen LogP contribution is -2.32. The third kappa shape index (κ3) is 6.04. The molecule has 9 nitrogen and oxygen atoms in total. The highest BCUT2D eigenvalue weighted by atomic mass is 127. The molecule has 2 N–H and O–H groups in total. The molecule has 0 atom stereocenters. The smallest absolute Gasteiger partial charge is 0.276 e. The highest BCUT2D eigenvalue weighted by molar-refractivity contribution is 14.0. The first kappa shape index (κ1) is 22.4. The fourth-order valence-corrected chi connectivity index (χ4v) is 2.47. The molecule has 0 bridgehead atoms. The summed E-state index contributed by atoms with van der Waals surface area (Å²) in [5.74, 6) is 2.91. The number of halogens is 1. The summed E-state index contributed by atoms with van der Waals surface area (Å²) in [6.45, 7) is 0.578. The topological polar surface area (TPSA) is 107 Å². The van der Waals surface area contributed by atoms with E-state index in [9.17, 15) is 0 Å². The molecular formula is C19H23IN6O3. The van der Waals surface area contributed by atoms with Gasteiger partial charge in [-0.3, -0.25) is 9.98 Å².